The molecule has 0 aliphatic rings. The Bertz CT molecular complexity index is 1030. The van der Waals surface area contributed by atoms with E-state index in [2.05, 4.69) is 63.2 Å². The maximum absolute atomic E-state index is 5.85. The van der Waals surface area contributed by atoms with E-state index in [0.29, 0.717) is 0 Å². The third kappa shape index (κ3) is 3.97. The fraction of sp³-hybridized carbons (Fsp3) is 0.227. The number of H-pyrrole nitrogens is 1. The summed E-state index contributed by atoms with van der Waals surface area (Å²) in [4.78, 5) is 7.62. The van der Waals surface area contributed by atoms with Gasteiger partial charge in [0.2, 0.25) is 0 Å². The van der Waals surface area contributed by atoms with E-state index < -0.39 is 0 Å². The molecular formula is C22H24N4O. The van der Waals surface area contributed by atoms with Crippen LogP contribution in [0, 0.1) is 0 Å². The lowest BCUT2D eigenvalue weighted by molar-refractivity contribution is 0.544. The van der Waals surface area contributed by atoms with Gasteiger partial charge in [-0.05, 0) is 30.2 Å². The van der Waals surface area contributed by atoms with Crippen molar-refractivity contribution in [1.82, 2.24) is 15.6 Å². The fourth-order valence-electron chi connectivity index (χ4n) is 3.34. The molecule has 0 spiro atoms. The van der Waals surface area contributed by atoms with E-state index in [1.165, 1.54) is 16.5 Å². The van der Waals surface area contributed by atoms with E-state index in [1.54, 1.807) is 7.05 Å². The van der Waals surface area contributed by atoms with Gasteiger partial charge in [0.05, 0.1) is 0 Å². The molecule has 0 amide bonds. The van der Waals surface area contributed by atoms with Crippen LogP contribution in [0.2, 0.25) is 0 Å². The highest BCUT2D eigenvalue weighted by atomic mass is 16.3. The number of nitrogens with zero attached hydrogens (tertiary/aromatic N) is 1. The first-order valence-electron chi connectivity index (χ1n) is 9.30. The Hall–Kier alpha value is -3.21. The fourth-order valence-corrected chi connectivity index (χ4v) is 3.34. The summed E-state index contributed by atoms with van der Waals surface area (Å²) in [5.74, 6) is 1.80. The molecule has 2 aromatic carbocycles. The van der Waals surface area contributed by atoms with Crippen molar-refractivity contribution in [3.63, 3.8) is 0 Å². The lowest BCUT2D eigenvalue weighted by Gasteiger charge is -2.11. The number of aliphatic imine (C=N–C) groups is 1. The van der Waals surface area contributed by atoms with Crippen LogP contribution in [0.3, 0.4) is 0 Å². The number of aromatic amines is 1. The molecule has 2 aromatic heterocycles. The summed E-state index contributed by atoms with van der Waals surface area (Å²) in [5, 5.41) is 9.16. The van der Waals surface area contributed by atoms with Crippen molar-refractivity contribution in [3.05, 3.63) is 72.1 Å². The molecule has 0 radical (unpaired) electrons. The highest BCUT2D eigenvalue weighted by molar-refractivity contribution is 5.83. The Morgan fingerprint density at radius 2 is 1.78 bits per heavy atom. The van der Waals surface area contributed by atoms with Gasteiger partial charge in [-0.2, -0.15) is 0 Å². The Morgan fingerprint density at radius 3 is 2.63 bits per heavy atom. The minimum atomic E-state index is 0.770. The minimum absolute atomic E-state index is 0.770. The first-order valence-corrected chi connectivity index (χ1v) is 9.30. The number of benzene rings is 2. The van der Waals surface area contributed by atoms with E-state index in [-0.39, 0.29) is 0 Å². The van der Waals surface area contributed by atoms with Crippen LogP contribution < -0.4 is 10.6 Å². The van der Waals surface area contributed by atoms with Gasteiger partial charge in [-0.3, -0.25) is 4.99 Å². The first kappa shape index (κ1) is 17.2. The minimum Gasteiger partial charge on any atom is -0.461 e. The summed E-state index contributed by atoms with van der Waals surface area (Å²) in [6.07, 6.45) is 3.84. The molecule has 0 atom stereocenters. The largest absolute Gasteiger partial charge is 0.461 e. The van der Waals surface area contributed by atoms with Gasteiger partial charge < -0.3 is 20.0 Å². The molecule has 0 fully saturated rings. The van der Waals surface area contributed by atoms with Crippen LogP contribution in [-0.4, -0.2) is 31.1 Å². The second-order valence-electron chi connectivity index (χ2n) is 6.54. The van der Waals surface area contributed by atoms with E-state index in [0.717, 1.165) is 48.6 Å². The highest BCUT2D eigenvalue weighted by Gasteiger charge is 2.05. The molecule has 5 nitrogen and oxygen atoms in total. The van der Waals surface area contributed by atoms with Gasteiger partial charge >= 0.3 is 0 Å². The molecule has 0 aliphatic heterocycles. The van der Waals surface area contributed by atoms with Crippen molar-refractivity contribution >= 4 is 27.8 Å². The van der Waals surface area contributed by atoms with Gasteiger partial charge in [0.1, 0.15) is 11.3 Å². The summed E-state index contributed by atoms with van der Waals surface area (Å²) in [5.41, 5.74) is 3.44. The molecule has 4 aromatic rings. The number of furan rings is 1. The number of para-hydroxylation sites is 2. The molecule has 3 N–H and O–H groups in total. The van der Waals surface area contributed by atoms with Crippen LogP contribution >= 0.6 is 0 Å². The maximum atomic E-state index is 5.85. The highest BCUT2D eigenvalue weighted by Crippen LogP contribution is 2.19. The van der Waals surface area contributed by atoms with Crippen molar-refractivity contribution in [2.75, 3.05) is 20.1 Å². The van der Waals surface area contributed by atoms with Crippen molar-refractivity contribution in [1.29, 1.82) is 0 Å². The molecule has 138 valence electrons. The molecule has 0 saturated carbocycles. The summed E-state index contributed by atoms with van der Waals surface area (Å²) in [7, 11) is 1.79. The lowest BCUT2D eigenvalue weighted by Crippen LogP contribution is -2.39. The zero-order valence-corrected chi connectivity index (χ0v) is 15.5. The van der Waals surface area contributed by atoms with Crippen molar-refractivity contribution in [2.45, 2.75) is 12.8 Å². The number of aromatic nitrogens is 1. The first-order chi connectivity index (χ1) is 13.3. The van der Waals surface area contributed by atoms with Crippen molar-refractivity contribution < 1.29 is 4.42 Å². The number of hydrogen-bond donors (Lipinski definition) is 3. The normalized spacial score (nSPS) is 12.0. The number of nitrogens with one attached hydrogen (secondary N) is 3. The molecule has 2 heterocycles. The third-order valence-electron chi connectivity index (χ3n) is 4.73. The van der Waals surface area contributed by atoms with Gasteiger partial charge in [-0.15, -0.1) is 0 Å². The van der Waals surface area contributed by atoms with Crippen LogP contribution in [0.5, 0.6) is 0 Å². The zero-order valence-electron chi connectivity index (χ0n) is 15.5. The number of guanidine groups is 1. The Labute approximate surface area is 158 Å². The van der Waals surface area contributed by atoms with Crippen LogP contribution in [-0.2, 0) is 12.8 Å². The molecule has 0 saturated heterocycles. The average molecular weight is 360 g/mol. The Morgan fingerprint density at radius 1 is 1.00 bits per heavy atom. The Balaban J connectivity index is 1.25. The number of rotatable bonds is 6. The van der Waals surface area contributed by atoms with E-state index >= 15 is 0 Å². The average Bonchev–Trinajstić information content (AvgIpc) is 3.30. The SMILES string of the molecule is CN=C(NCCc1cc2ccccc2o1)NCCc1c[nH]c2ccccc12. The second kappa shape index (κ2) is 7.99. The zero-order chi connectivity index (χ0) is 18.5. The Kier molecular flexibility index (Phi) is 5.10. The molecule has 0 bridgehead atoms. The van der Waals surface area contributed by atoms with Gasteiger partial charge in [-0.25, -0.2) is 0 Å². The topological polar surface area (TPSA) is 65.3 Å². The molecule has 27 heavy (non-hydrogen) atoms. The smallest absolute Gasteiger partial charge is 0.191 e. The van der Waals surface area contributed by atoms with Gasteiger partial charge in [0, 0.05) is 49.0 Å². The predicted molar refractivity (Wildman–Crippen MR) is 111 cm³/mol. The molecule has 5 heteroatoms. The molecule has 4 rings (SSSR count). The third-order valence-corrected chi connectivity index (χ3v) is 4.73. The molecule has 0 aliphatic carbocycles. The van der Waals surface area contributed by atoms with E-state index in [1.807, 2.05) is 18.2 Å². The quantitative estimate of drug-likeness (QED) is 0.361. The molecule has 0 unspecified atom stereocenters. The van der Waals surface area contributed by atoms with Gasteiger partial charge in [0.15, 0.2) is 5.96 Å². The van der Waals surface area contributed by atoms with Gasteiger partial charge in [-0.1, -0.05) is 36.4 Å². The summed E-state index contributed by atoms with van der Waals surface area (Å²) < 4.78 is 5.85. The standard InChI is InChI=1S/C22H24N4O/c1-23-22(24-12-10-17-15-26-20-8-4-3-7-19(17)20)25-13-11-18-14-16-6-2-5-9-21(16)27-18/h2-9,14-15,26H,10-13H2,1H3,(H2,23,24,25). The second-order valence-corrected chi connectivity index (χ2v) is 6.54. The monoisotopic (exact) mass is 360 g/mol. The summed E-state index contributed by atoms with van der Waals surface area (Å²) >= 11 is 0. The lowest BCUT2D eigenvalue weighted by atomic mass is 10.1. The predicted octanol–water partition coefficient (Wildman–Crippen LogP) is 3.86. The van der Waals surface area contributed by atoms with Crippen LogP contribution in [0.25, 0.3) is 21.9 Å². The van der Waals surface area contributed by atoms with Crippen LogP contribution in [0.4, 0.5) is 0 Å². The van der Waals surface area contributed by atoms with E-state index in [9.17, 15) is 0 Å². The number of hydrogen-bond acceptors (Lipinski definition) is 2. The van der Waals surface area contributed by atoms with Gasteiger partial charge in [0.25, 0.3) is 0 Å². The van der Waals surface area contributed by atoms with E-state index in [4.69, 9.17) is 4.42 Å². The number of fused-ring (bicyclic) bond motifs is 2. The summed E-state index contributed by atoms with van der Waals surface area (Å²) in [6.45, 7) is 1.60. The van der Waals surface area contributed by atoms with Crippen molar-refractivity contribution in [2.24, 2.45) is 4.99 Å². The summed E-state index contributed by atoms with van der Waals surface area (Å²) in [6, 6.07) is 18.6. The maximum Gasteiger partial charge on any atom is 0.191 e. The van der Waals surface area contributed by atoms with Crippen LogP contribution in [0.1, 0.15) is 11.3 Å². The molecular weight excluding hydrogens is 336 g/mol. The van der Waals surface area contributed by atoms with Crippen molar-refractivity contribution in [3.8, 4) is 0 Å². The van der Waals surface area contributed by atoms with Crippen LogP contribution in [0.15, 0.2) is 70.2 Å².